The first kappa shape index (κ1) is 21.4. The Balaban J connectivity index is 1.50. The first-order valence-electron chi connectivity index (χ1n) is 11.4. The highest BCUT2D eigenvalue weighted by atomic mass is 16.5. The van der Waals surface area contributed by atoms with Gasteiger partial charge in [-0.05, 0) is 38.1 Å². The van der Waals surface area contributed by atoms with Gasteiger partial charge in [0, 0.05) is 47.7 Å². The van der Waals surface area contributed by atoms with Crippen molar-refractivity contribution in [2.45, 2.75) is 19.8 Å². The van der Waals surface area contributed by atoms with Crippen LogP contribution >= 0.6 is 0 Å². The number of carbonyl (C=O) groups excluding carboxylic acids is 1. The normalized spacial score (nSPS) is 14.6. The molecule has 2 aromatic heterocycles. The van der Waals surface area contributed by atoms with Gasteiger partial charge in [-0.15, -0.1) is 0 Å². The third kappa shape index (κ3) is 4.84. The van der Waals surface area contributed by atoms with E-state index in [9.17, 15) is 4.79 Å². The predicted octanol–water partition coefficient (Wildman–Crippen LogP) is 4.39. The van der Waals surface area contributed by atoms with Crippen molar-refractivity contribution in [3.63, 3.8) is 0 Å². The maximum absolute atomic E-state index is 11.9. The number of fused-ring (bicyclic) bond motifs is 3. The van der Waals surface area contributed by atoms with Gasteiger partial charge in [-0.2, -0.15) is 0 Å². The number of rotatable bonds is 7. The molecule has 5 rings (SSSR count). The second-order valence-electron chi connectivity index (χ2n) is 8.35. The Kier molecular flexibility index (Phi) is 6.24. The van der Waals surface area contributed by atoms with E-state index in [1.807, 2.05) is 54.7 Å². The second-order valence-corrected chi connectivity index (χ2v) is 8.35. The molecule has 7 heteroatoms. The number of aryl methyl sites for hydroxylation is 1. The third-order valence-corrected chi connectivity index (χ3v) is 6.00. The predicted molar refractivity (Wildman–Crippen MR) is 130 cm³/mol. The van der Waals surface area contributed by atoms with Crippen molar-refractivity contribution in [1.82, 2.24) is 19.9 Å². The van der Waals surface area contributed by atoms with E-state index in [2.05, 4.69) is 15.2 Å². The Bertz CT molecular complexity index is 1290. The number of ether oxygens (including phenoxy) is 1. The van der Waals surface area contributed by atoms with E-state index in [-0.39, 0.29) is 5.78 Å². The van der Waals surface area contributed by atoms with Crippen LogP contribution < -0.4 is 5.32 Å². The number of hydrogen-bond acceptors (Lipinski definition) is 7. The highest BCUT2D eigenvalue weighted by molar-refractivity contribution is 6.10. The molecule has 168 valence electrons. The summed E-state index contributed by atoms with van der Waals surface area (Å²) in [7, 11) is 0. The van der Waals surface area contributed by atoms with Crippen molar-refractivity contribution >= 4 is 39.1 Å². The van der Waals surface area contributed by atoms with E-state index in [4.69, 9.17) is 14.7 Å². The Morgan fingerprint density at radius 2 is 1.88 bits per heavy atom. The number of aromatic nitrogens is 3. The number of para-hydroxylation sites is 1. The van der Waals surface area contributed by atoms with Crippen LogP contribution in [-0.4, -0.2) is 58.5 Å². The van der Waals surface area contributed by atoms with Crippen molar-refractivity contribution < 1.29 is 9.53 Å². The van der Waals surface area contributed by atoms with Crippen LogP contribution in [0, 0.1) is 0 Å². The van der Waals surface area contributed by atoms with Gasteiger partial charge in [0.25, 0.3) is 0 Å². The van der Waals surface area contributed by atoms with E-state index in [0.29, 0.717) is 11.4 Å². The van der Waals surface area contributed by atoms with E-state index in [0.717, 1.165) is 79.0 Å². The van der Waals surface area contributed by atoms with Gasteiger partial charge in [0.05, 0.1) is 18.7 Å². The molecule has 1 N–H and O–H groups in total. The molecule has 0 aliphatic carbocycles. The Hall–Kier alpha value is -3.42. The summed E-state index contributed by atoms with van der Waals surface area (Å²) in [5, 5.41) is 5.27. The standard InChI is InChI=1S/C26H27N5O2/c1-18(32)19-9-10-21-22-17-27-24(8-5-11-31-12-14-33-15-13-31)30-25(22)26(29-23(21)16-19)28-20-6-3-2-4-7-20/h2-4,6-7,9-10,16-17H,5,8,11-15H2,1H3,(H,28,29). The number of hydrogen-bond donors (Lipinski definition) is 1. The van der Waals surface area contributed by atoms with Crippen LogP contribution in [0.15, 0.2) is 54.7 Å². The topological polar surface area (TPSA) is 80.2 Å². The van der Waals surface area contributed by atoms with Crippen LogP contribution in [0.3, 0.4) is 0 Å². The quantitative estimate of drug-likeness (QED) is 0.337. The summed E-state index contributed by atoms with van der Waals surface area (Å²) in [6, 6.07) is 15.5. The number of ketones is 1. The molecule has 1 fully saturated rings. The Labute approximate surface area is 192 Å². The molecule has 0 amide bonds. The van der Waals surface area contributed by atoms with Gasteiger partial charge in [0.1, 0.15) is 11.3 Å². The summed E-state index contributed by atoms with van der Waals surface area (Å²) in [6.45, 7) is 6.18. The summed E-state index contributed by atoms with van der Waals surface area (Å²) in [6.07, 6.45) is 3.69. The molecule has 2 aromatic carbocycles. The first-order chi connectivity index (χ1) is 16.2. The minimum atomic E-state index is 0.0169. The molecule has 0 bridgehead atoms. The number of nitrogens with zero attached hydrogens (tertiary/aromatic N) is 4. The molecule has 33 heavy (non-hydrogen) atoms. The van der Waals surface area contributed by atoms with Gasteiger partial charge >= 0.3 is 0 Å². The van der Waals surface area contributed by atoms with Gasteiger partial charge in [0.15, 0.2) is 11.6 Å². The SMILES string of the molecule is CC(=O)c1ccc2c(c1)nc(Nc1ccccc1)c1nc(CCCN3CCOCC3)ncc12. The van der Waals surface area contributed by atoms with Crippen LogP contribution in [0.5, 0.6) is 0 Å². The lowest BCUT2D eigenvalue weighted by Gasteiger charge is -2.26. The highest BCUT2D eigenvalue weighted by Crippen LogP contribution is 2.30. The van der Waals surface area contributed by atoms with Crippen molar-refractivity contribution in [2.75, 3.05) is 38.2 Å². The first-order valence-corrected chi connectivity index (χ1v) is 11.4. The lowest BCUT2D eigenvalue weighted by Crippen LogP contribution is -2.37. The van der Waals surface area contributed by atoms with E-state index < -0.39 is 0 Å². The lowest BCUT2D eigenvalue weighted by atomic mass is 10.1. The van der Waals surface area contributed by atoms with Gasteiger partial charge in [-0.25, -0.2) is 15.0 Å². The minimum Gasteiger partial charge on any atom is -0.379 e. The number of carbonyl (C=O) groups is 1. The van der Waals surface area contributed by atoms with Crippen LogP contribution in [0.1, 0.15) is 29.5 Å². The fourth-order valence-corrected chi connectivity index (χ4v) is 4.19. The summed E-state index contributed by atoms with van der Waals surface area (Å²) < 4.78 is 5.43. The summed E-state index contributed by atoms with van der Waals surface area (Å²) in [4.78, 5) is 28.8. The number of pyridine rings is 1. The molecule has 1 saturated heterocycles. The van der Waals surface area contributed by atoms with Gasteiger partial charge in [-0.1, -0.05) is 30.3 Å². The molecule has 0 spiro atoms. The minimum absolute atomic E-state index is 0.0169. The maximum Gasteiger partial charge on any atom is 0.159 e. The van der Waals surface area contributed by atoms with Crippen LogP contribution in [0.4, 0.5) is 11.5 Å². The molecule has 1 aliphatic heterocycles. The summed E-state index contributed by atoms with van der Waals surface area (Å²) in [5.74, 6) is 1.50. The van der Waals surface area contributed by atoms with Crippen molar-refractivity contribution in [2.24, 2.45) is 0 Å². The van der Waals surface area contributed by atoms with Gasteiger partial charge in [-0.3, -0.25) is 9.69 Å². The molecule has 3 heterocycles. The smallest absolute Gasteiger partial charge is 0.159 e. The molecule has 0 radical (unpaired) electrons. The van der Waals surface area contributed by atoms with Crippen molar-refractivity contribution in [3.05, 3.63) is 66.1 Å². The van der Waals surface area contributed by atoms with E-state index in [1.165, 1.54) is 0 Å². The van der Waals surface area contributed by atoms with Gasteiger partial charge < -0.3 is 10.1 Å². The fourth-order valence-electron chi connectivity index (χ4n) is 4.19. The maximum atomic E-state index is 11.9. The molecular weight excluding hydrogens is 414 g/mol. The molecule has 0 atom stereocenters. The zero-order valence-corrected chi connectivity index (χ0v) is 18.8. The van der Waals surface area contributed by atoms with E-state index in [1.54, 1.807) is 6.92 Å². The zero-order valence-electron chi connectivity index (χ0n) is 18.8. The molecule has 0 unspecified atom stereocenters. The monoisotopic (exact) mass is 441 g/mol. The van der Waals surface area contributed by atoms with Gasteiger partial charge in [0.2, 0.25) is 0 Å². The molecule has 7 nitrogen and oxygen atoms in total. The average Bonchev–Trinajstić information content (AvgIpc) is 2.85. The number of benzene rings is 2. The number of anilines is 2. The number of morpholine rings is 1. The van der Waals surface area contributed by atoms with E-state index >= 15 is 0 Å². The molecular formula is C26H27N5O2. The van der Waals surface area contributed by atoms with Crippen LogP contribution in [0.25, 0.3) is 21.8 Å². The second kappa shape index (κ2) is 9.60. The molecule has 1 aliphatic rings. The average molecular weight is 442 g/mol. The molecule has 4 aromatic rings. The fraction of sp³-hybridized carbons (Fsp3) is 0.308. The van der Waals surface area contributed by atoms with Crippen LogP contribution in [0.2, 0.25) is 0 Å². The highest BCUT2D eigenvalue weighted by Gasteiger charge is 2.14. The third-order valence-electron chi connectivity index (χ3n) is 6.00. The van der Waals surface area contributed by atoms with Crippen molar-refractivity contribution in [1.29, 1.82) is 0 Å². The Morgan fingerprint density at radius 3 is 2.67 bits per heavy atom. The molecule has 0 saturated carbocycles. The number of Topliss-reactive ketones (excluding diaryl/α,β-unsaturated/α-hetero) is 1. The largest absolute Gasteiger partial charge is 0.379 e. The summed E-state index contributed by atoms with van der Waals surface area (Å²) >= 11 is 0. The summed E-state index contributed by atoms with van der Waals surface area (Å²) in [5.41, 5.74) is 3.11. The van der Waals surface area contributed by atoms with Crippen molar-refractivity contribution in [3.8, 4) is 0 Å². The van der Waals surface area contributed by atoms with Crippen LogP contribution in [-0.2, 0) is 11.2 Å². The number of nitrogens with one attached hydrogen (secondary N) is 1. The lowest BCUT2D eigenvalue weighted by molar-refractivity contribution is 0.0374. The Morgan fingerprint density at radius 1 is 1.06 bits per heavy atom. The zero-order chi connectivity index (χ0) is 22.6.